The molecule has 0 bridgehead atoms. The van der Waals surface area contributed by atoms with Crippen LogP contribution in [0.15, 0.2) is 22.7 Å². The van der Waals surface area contributed by atoms with Gasteiger partial charge in [0.15, 0.2) is 0 Å². The first-order chi connectivity index (χ1) is 8.79. The highest BCUT2D eigenvalue weighted by Crippen LogP contribution is 2.31. The van der Waals surface area contributed by atoms with Gasteiger partial charge < -0.3 is 11.1 Å². The molecule has 1 atom stereocenters. The van der Waals surface area contributed by atoms with E-state index in [1.54, 1.807) is 0 Å². The zero-order chi connectivity index (χ0) is 14.6. The van der Waals surface area contributed by atoms with Gasteiger partial charge in [0.2, 0.25) is 0 Å². The van der Waals surface area contributed by atoms with E-state index in [1.807, 2.05) is 6.92 Å². The molecular weight excluding hydrogens is 325 g/mol. The van der Waals surface area contributed by atoms with Gasteiger partial charge in [0.1, 0.15) is 0 Å². The van der Waals surface area contributed by atoms with Crippen molar-refractivity contribution >= 4 is 21.8 Å². The molecule has 0 spiro atoms. The van der Waals surface area contributed by atoms with Gasteiger partial charge in [-0.3, -0.25) is 4.79 Å². The second kappa shape index (κ2) is 6.38. The van der Waals surface area contributed by atoms with E-state index in [2.05, 4.69) is 21.2 Å². The number of carbonyl (C=O) groups excluding carboxylic acids is 1. The fourth-order valence-corrected chi connectivity index (χ4v) is 1.89. The summed E-state index contributed by atoms with van der Waals surface area (Å²) in [6.45, 7) is 2.07. The molecule has 1 aromatic carbocycles. The topological polar surface area (TPSA) is 55.1 Å². The van der Waals surface area contributed by atoms with Crippen molar-refractivity contribution < 1.29 is 18.0 Å². The zero-order valence-corrected chi connectivity index (χ0v) is 11.8. The molecule has 1 amide bonds. The van der Waals surface area contributed by atoms with E-state index < -0.39 is 17.6 Å². The van der Waals surface area contributed by atoms with Crippen molar-refractivity contribution in [3.05, 3.63) is 33.8 Å². The van der Waals surface area contributed by atoms with Gasteiger partial charge in [-0.25, -0.2) is 0 Å². The molecule has 0 saturated carbocycles. The lowest BCUT2D eigenvalue weighted by Crippen LogP contribution is -2.39. The first-order valence-electron chi connectivity index (χ1n) is 5.67. The van der Waals surface area contributed by atoms with E-state index >= 15 is 0 Å². The van der Waals surface area contributed by atoms with E-state index in [4.69, 9.17) is 5.73 Å². The Bertz CT molecular complexity index is 459. The van der Waals surface area contributed by atoms with Crippen molar-refractivity contribution in [2.45, 2.75) is 25.6 Å². The molecule has 0 radical (unpaired) electrons. The first-order valence-corrected chi connectivity index (χ1v) is 6.46. The molecule has 0 aliphatic rings. The summed E-state index contributed by atoms with van der Waals surface area (Å²) in [5, 5.41) is 2.59. The maximum absolute atomic E-state index is 12.6. The van der Waals surface area contributed by atoms with Gasteiger partial charge in [-0.1, -0.05) is 6.92 Å². The van der Waals surface area contributed by atoms with Crippen LogP contribution in [-0.4, -0.2) is 18.5 Å². The average Bonchev–Trinajstić information content (AvgIpc) is 2.34. The number of benzene rings is 1. The van der Waals surface area contributed by atoms with Gasteiger partial charge in [0, 0.05) is 17.1 Å². The summed E-state index contributed by atoms with van der Waals surface area (Å²) in [5.41, 5.74) is 4.53. The van der Waals surface area contributed by atoms with E-state index in [0.29, 0.717) is 10.9 Å². The molecule has 0 aliphatic heterocycles. The van der Waals surface area contributed by atoms with Crippen LogP contribution in [0.5, 0.6) is 0 Å². The molecule has 1 aromatic rings. The molecule has 106 valence electrons. The number of halogens is 4. The number of rotatable bonds is 4. The summed E-state index contributed by atoms with van der Waals surface area (Å²) < 4.78 is 38.1. The van der Waals surface area contributed by atoms with Crippen molar-refractivity contribution in [3.63, 3.8) is 0 Å². The lowest BCUT2D eigenvalue weighted by molar-refractivity contribution is -0.137. The Morgan fingerprint density at radius 3 is 2.58 bits per heavy atom. The summed E-state index contributed by atoms with van der Waals surface area (Å²) in [6, 6.07) is 2.69. The predicted molar refractivity (Wildman–Crippen MR) is 69.7 cm³/mol. The minimum absolute atomic E-state index is 0.0540. The highest BCUT2D eigenvalue weighted by Gasteiger charge is 2.31. The van der Waals surface area contributed by atoms with Crippen LogP contribution in [0.4, 0.5) is 13.2 Å². The van der Waals surface area contributed by atoms with Crippen LogP contribution in [0.3, 0.4) is 0 Å². The first kappa shape index (κ1) is 16.0. The van der Waals surface area contributed by atoms with Crippen LogP contribution in [0.2, 0.25) is 0 Å². The highest BCUT2D eigenvalue weighted by molar-refractivity contribution is 9.10. The van der Waals surface area contributed by atoms with Gasteiger partial charge in [-0.2, -0.15) is 13.2 Å². The van der Waals surface area contributed by atoms with E-state index in [9.17, 15) is 18.0 Å². The van der Waals surface area contributed by atoms with Gasteiger partial charge in [-0.15, -0.1) is 0 Å². The molecule has 3 nitrogen and oxygen atoms in total. The number of carbonyl (C=O) groups is 1. The largest absolute Gasteiger partial charge is 0.416 e. The fourth-order valence-electron chi connectivity index (χ4n) is 1.47. The maximum atomic E-state index is 12.6. The van der Waals surface area contributed by atoms with Crippen LogP contribution in [-0.2, 0) is 6.18 Å². The molecule has 0 saturated heterocycles. The van der Waals surface area contributed by atoms with Gasteiger partial charge in [-0.05, 0) is 40.5 Å². The van der Waals surface area contributed by atoms with Gasteiger partial charge in [0.05, 0.1) is 11.1 Å². The van der Waals surface area contributed by atoms with E-state index in [1.165, 1.54) is 6.07 Å². The SMILES string of the molecule is CCC(CN)NC(=O)c1cc(C(F)(F)F)ccc1Br. The highest BCUT2D eigenvalue weighted by atomic mass is 79.9. The molecule has 1 rings (SSSR count). The molecule has 19 heavy (non-hydrogen) atoms. The Morgan fingerprint density at radius 1 is 1.47 bits per heavy atom. The number of amides is 1. The van der Waals surface area contributed by atoms with Crippen molar-refractivity contribution in [2.75, 3.05) is 6.54 Å². The van der Waals surface area contributed by atoms with Crippen LogP contribution in [0, 0.1) is 0 Å². The summed E-state index contributed by atoms with van der Waals surface area (Å²) in [5.74, 6) is -0.574. The molecule has 3 N–H and O–H groups in total. The number of alkyl halides is 3. The molecule has 1 unspecified atom stereocenters. The quantitative estimate of drug-likeness (QED) is 0.886. The van der Waals surface area contributed by atoms with Gasteiger partial charge in [0.25, 0.3) is 5.91 Å². The van der Waals surface area contributed by atoms with Gasteiger partial charge >= 0.3 is 6.18 Å². The second-order valence-electron chi connectivity index (χ2n) is 4.01. The molecule has 0 heterocycles. The molecule has 7 heteroatoms. The maximum Gasteiger partial charge on any atom is 0.416 e. The minimum Gasteiger partial charge on any atom is -0.348 e. The normalized spacial score (nSPS) is 13.2. The summed E-state index contributed by atoms with van der Waals surface area (Å²) >= 11 is 3.07. The summed E-state index contributed by atoms with van der Waals surface area (Å²) in [6.07, 6.45) is -3.87. The molecule has 0 aliphatic carbocycles. The predicted octanol–water partition coefficient (Wildman–Crippen LogP) is 2.94. The fraction of sp³-hybridized carbons (Fsp3) is 0.417. The Labute approximate surface area is 117 Å². The van der Waals surface area contributed by atoms with Crippen molar-refractivity contribution in [3.8, 4) is 0 Å². The number of hydrogen-bond donors (Lipinski definition) is 2. The number of nitrogens with one attached hydrogen (secondary N) is 1. The lowest BCUT2D eigenvalue weighted by Gasteiger charge is -2.16. The Morgan fingerprint density at radius 2 is 2.11 bits per heavy atom. The third-order valence-corrected chi connectivity index (χ3v) is 3.34. The molecule has 0 aromatic heterocycles. The van der Waals surface area contributed by atoms with Crippen LogP contribution >= 0.6 is 15.9 Å². The summed E-state index contributed by atoms with van der Waals surface area (Å²) in [7, 11) is 0. The van der Waals surface area contributed by atoms with E-state index in [-0.39, 0.29) is 18.2 Å². The second-order valence-corrected chi connectivity index (χ2v) is 4.86. The molecule has 0 fully saturated rings. The Hall–Kier alpha value is -1.08. The lowest BCUT2D eigenvalue weighted by atomic mass is 10.1. The van der Waals surface area contributed by atoms with Crippen molar-refractivity contribution in [1.82, 2.24) is 5.32 Å². The average molecular weight is 339 g/mol. The third kappa shape index (κ3) is 4.21. The van der Waals surface area contributed by atoms with Crippen LogP contribution in [0.1, 0.15) is 29.3 Å². The van der Waals surface area contributed by atoms with Crippen LogP contribution in [0.25, 0.3) is 0 Å². The number of hydrogen-bond acceptors (Lipinski definition) is 2. The zero-order valence-electron chi connectivity index (χ0n) is 10.2. The minimum atomic E-state index is -4.48. The van der Waals surface area contributed by atoms with Crippen LogP contribution < -0.4 is 11.1 Å². The van der Waals surface area contributed by atoms with Crippen molar-refractivity contribution in [2.24, 2.45) is 5.73 Å². The Balaban J connectivity index is 3.02. The Kier molecular flexibility index (Phi) is 5.37. The standard InChI is InChI=1S/C12H14BrF3N2O/c1-2-8(6-17)18-11(19)9-5-7(12(14,15)16)3-4-10(9)13/h3-5,8H,2,6,17H2,1H3,(H,18,19). The molecular formula is C12H14BrF3N2O. The van der Waals surface area contributed by atoms with Crippen molar-refractivity contribution in [1.29, 1.82) is 0 Å². The monoisotopic (exact) mass is 338 g/mol. The number of nitrogens with two attached hydrogens (primary N) is 1. The summed E-state index contributed by atoms with van der Waals surface area (Å²) in [4.78, 5) is 11.9. The smallest absolute Gasteiger partial charge is 0.348 e. The third-order valence-electron chi connectivity index (χ3n) is 2.65. The van der Waals surface area contributed by atoms with E-state index in [0.717, 1.165) is 12.1 Å².